The number of piperidine rings is 1. The van der Waals surface area contributed by atoms with Crippen molar-refractivity contribution in [2.45, 2.75) is 51.8 Å². The number of aromatic nitrogens is 2. The number of ether oxygens (including phenoxy) is 2. The molecule has 0 unspecified atom stereocenters. The van der Waals surface area contributed by atoms with Crippen LogP contribution in [0.2, 0.25) is 0 Å². The number of amides is 1. The van der Waals surface area contributed by atoms with Crippen LogP contribution in [0.3, 0.4) is 0 Å². The third-order valence-electron chi connectivity index (χ3n) is 5.63. The van der Waals surface area contributed by atoms with Gasteiger partial charge in [0.25, 0.3) is 0 Å². The van der Waals surface area contributed by atoms with Crippen molar-refractivity contribution in [2.24, 2.45) is 0 Å². The van der Waals surface area contributed by atoms with Crippen LogP contribution in [0.1, 0.15) is 39.2 Å². The zero-order valence-corrected chi connectivity index (χ0v) is 19.3. The van der Waals surface area contributed by atoms with Crippen molar-refractivity contribution in [1.82, 2.24) is 14.5 Å². The highest BCUT2D eigenvalue weighted by Crippen LogP contribution is 2.25. The number of likely N-dealkylation sites (tertiary alicyclic amines) is 1. The topological polar surface area (TPSA) is 68.6 Å². The summed E-state index contributed by atoms with van der Waals surface area (Å²) < 4.78 is 13.0. The minimum Gasteiger partial charge on any atom is -0.497 e. The van der Waals surface area contributed by atoms with E-state index >= 15 is 0 Å². The first-order valence-corrected chi connectivity index (χ1v) is 11.1. The molecule has 7 nitrogen and oxygen atoms in total. The van der Waals surface area contributed by atoms with Gasteiger partial charge in [0, 0.05) is 19.1 Å². The number of benzene rings is 2. The molecule has 0 saturated carbocycles. The van der Waals surface area contributed by atoms with Crippen molar-refractivity contribution in [3.05, 3.63) is 54.1 Å². The van der Waals surface area contributed by atoms with Gasteiger partial charge in [-0.05, 0) is 63.4 Å². The van der Waals surface area contributed by atoms with Crippen LogP contribution in [0.15, 0.2) is 48.5 Å². The molecule has 7 heteroatoms. The van der Waals surface area contributed by atoms with Gasteiger partial charge >= 0.3 is 6.09 Å². The monoisotopic (exact) mass is 436 g/mol. The number of hydrogen-bond donors (Lipinski definition) is 1. The highest BCUT2D eigenvalue weighted by molar-refractivity contribution is 5.78. The van der Waals surface area contributed by atoms with Crippen molar-refractivity contribution in [3.8, 4) is 5.75 Å². The van der Waals surface area contributed by atoms with Crippen LogP contribution >= 0.6 is 0 Å². The molecule has 0 aliphatic carbocycles. The van der Waals surface area contributed by atoms with Crippen LogP contribution in [-0.4, -0.2) is 52.4 Å². The standard InChI is InChI=1S/C25H32N4O3/c1-25(2,3)32-24(30)28-15-13-19(14-16-28)26-23-27-21-7-5-6-8-22(21)29(23)17-18-9-11-20(31-4)12-10-18/h5-12,19H,13-17H2,1-4H3,(H,26,27). The molecule has 1 saturated heterocycles. The Labute approximate surface area is 189 Å². The molecule has 32 heavy (non-hydrogen) atoms. The fraction of sp³-hybridized carbons (Fsp3) is 0.440. The van der Waals surface area contributed by atoms with E-state index in [9.17, 15) is 4.79 Å². The molecule has 4 rings (SSSR count). The van der Waals surface area contributed by atoms with Crippen LogP contribution < -0.4 is 10.1 Å². The van der Waals surface area contributed by atoms with Gasteiger partial charge in [-0.2, -0.15) is 0 Å². The lowest BCUT2D eigenvalue weighted by molar-refractivity contribution is 0.0210. The number of methoxy groups -OCH3 is 1. The lowest BCUT2D eigenvalue weighted by atomic mass is 10.1. The smallest absolute Gasteiger partial charge is 0.410 e. The molecule has 1 fully saturated rings. The predicted octanol–water partition coefficient (Wildman–Crippen LogP) is 4.90. The van der Waals surface area contributed by atoms with Gasteiger partial charge in [-0.15, -0.1) is 0 Å². The summed E-state index contributed by atoms with van der Waals surface area (Å²) in [5.41, 5.74) is 2.77. The van der Waals surface area contributed by atoms with Crippen molar-refractivity contribution in [1.29, 1.82) is 0 Å². The van der Waals surface area contributed by atoms with E-state index in [0.717, 1.165) is 35.6 Å². The lowest BCUT2D eigenvalue weighted by Crippen LogP contribution is -2.44. The lowest BCUT2D eigenvalue weighted by Gasteiger charge is -2.34. The maximum absolute atomic E-state index is 12.4. The molecule has 0 atom stereocenters. The van der Waals surface area contributed by atoms with Gasteiger partial charge in [0.1, 0.15) is 11.4 Å². The fourth-order valence-electron chi connectivity index (χ4n) is 3.97. The van der Waals surface area contributed by atoms with E-state index < -0.39 is 5.60 Å². The SMILES string of the molecule is COc1ccc(Cn2c(NC3CCN(C(=O)OC(C)(C)C)CC3)nc3ccccc32)cc1. The highest BCUT2D eigenvalue weighted by Gasteiger charge is 2.27. The third-order valence-corrected chi connectivity index (χ3v) is 5.63. The maximum atomic E-state index is 12.4. The summed E-state index contributed by atoms with van der Waals surface area (Å²) in [5.74, 6) is 1.71. The number of nitrogens with one attached hydrogen (secondary N) is 1. The molecule has 3 aromatic rings. The first-order chi connectivity index (χ1) is 15.3. The van der Waals surface area contributed by atoms with Gasteiger partial charge in [0.05, 0.1) is 24.7 Å². The molecule has 2 heterocycles. The quantitative estimate of drug-likeness (QED) is 0.616. The summed E-state index contributed by atoms with van der Waals surface area (Å²) in [6, 6.07) is 16.6. The first kappa shape index (κ1) is 22.0. The number of fused-ring (bicyclic) bond motifs is 1. The fourth-order valence-corrected chi connectivity index (χ4v) is 3.97. The molecular formula is C25H32N4O3. The van der Waals surface area contributed by atoms with Crippen molar-refractivity contribution in [3.63, 3.8) is 0 Å². The second kappa shape index (κ2) is 9.10. The Kier molecular flexibility index (Phi) is 6.26. The minimum absolute atomic E-state index is 0.234. The van der Waals surface area contributed by atoms with E-state index in [1.54, 1.807) is 12.0 Å². The van der Waals surface area contributed by atoms with E-state index in [1.807, 2.05) is 51.1 Å². The van der Waals surface area contributed by atoms with Gasteiger partial charge < -0.3 is 24.3 Å². The number of imidazole rings is 1. The average molecular weight is 437 g/mol. The zero-order valence-electron chi connectivity index (χ0n) is 19.3. The molecule has 2 aromatic carbocycles. The van der Waals surface area contributed by atoms with Gasteiger partial charge in [0.15, 0.2) is 0 Å². The summed E-state index contributed by atoms with van der Waals surface area (Å²) in [7, 11) is 1.68. The summed E-state index contributed by atoms with van der Waals surface area (Å²) in [6.07, 6.45) is 1.47. The Balaban J connectivity index is 1.47. The zero-order chi connectivity index (χ0) is 22.7. The van der Waals surface area contributed by atoms with Crippen LogP contribution in [0.25, 0.3) is 11.0 Å². The second-order valence-corrected chi connectivity index (χ2v) is 9.24. The molecule has 1 aliphatic heterocycles. The maximum Gasteiger partial charge on any atom is 0.410 e. The number of anilines is 1. The third kappa shape index (κ3) is 5.15. The minimum atomic E-state index is -0.474. The summed E-state index contributed by atoms with van der Waals surface area (Å²) in [6.45, 7) is 7.74. The van der Waals surface area contributed by atoms with E-state index in [2.05, 4.69) is 28.1 Å². The average Bonchev–Trinajstić information content (AvgIpc) is 3.10. The molecule has 1 aliphatic rings. The molecule has 0 spiro atoms. The summed E-state index contributed by atoms with van der Waals surface area (Å²) >= 11 is 0. The first-order valence-electron chi connectivity index (χ1n) is 11.1. The second-order valence-electron chi connectivity index (χ2n) is 9.24. The number of carbonyl (C=O) groups is 1. The van der Waals surface area contributed by atoms with E-state index in [1.165, 1.54) is 5.56 Å². The van der Waals surface area contributed by atoms with Crippen molar-refractivity contribution >= 4 is 23.1 Å². The molecular weight excluding hydrogens is 404 g/mol. The summed E-state index contributed by atoms with van der Waals surface area (Å²) in [5, 5.41) is 3.64. The number of nitrogens with zero attached hydrogens (tertiary/aromatic N) is 3. The van der Waals surface area contributed by atoms with Crippen molar-refractivity contribution in [2.75, 3.05) is 25.5 Å². The van der Waals surface area contributed by atoms with Crippen molar-refractivity contribution < 1.29 is 14.3 Å². The van der Waals surface area contributed by atoms with Crippen LogP contribution in [0.5, 0.6) is 5.75 Å². The Morgan fingerprint density at radius 3 is 2.44 bits per heavy atom. The molecule has 170 valence electrons. The van der Waals surface area contributed by atoms with Crippen LogP contribution in [0.4, 0.5) is 10.7 Å². The van der Waals surface area contributed by atoms with E-state index in [-0.39, 0.29) is 12.1 Å². The molecule has 1 aromatic heterocycles. The largest absolute Gasteiger partial charge is 0.497 e. The van der Waals surface area contributed by atoms with Gasteiger partial charge in [-0.25, -0.2) is 9.78 Å². The predicted molar refractivity (Wildman–Crippen MR) is 126 cm³/mol. The van der Waals surface area contributed by atoms with Gasteiger partial charge in [0.2, 0.25) is 5.95 Å². The number of hydrogen-bond acceptors (Lipinski definition) is 5. The Bertz CT molecular complexity index is 1060. The van der Waals surface area contributed by atoms with E-state index in [4.69, 9.17) is 14.5 Å². The van der Waals surface area contributed by atoms with Gasteiger partial charge in [-0.1, -0.05) is 24.3 Å². The van der Waals surface area contributed by atoms with E-state index in [0.29, 0.717) is 19.6 Å². The molecule has 0 bridgehead atoms. The van der Waals surface area contributed by atoms with Crippen LogP contribution in [0, 0.1) is 0 Å². The Morgan fingerprint density at radius 1 is 1.09 bits per heavy atom. The molecule has 1 N–H and O–H groups in total. The molecule has 0 radical (unpaired) electrons. The van der Waals surface area contributed by atoms with Crippen LogP contribution in [-0.2, 0) is 11.3 Å². The number of carbonyl (C=O) groups excluding carboxylic acids is 1. The highest BCUT2D eigenvalue weighted by atomic mass is 16.6. The number of rotatable bonds is 5. The summed E-state index contributed by atoms with van der Waals surface area (Å²) in [4.78, 5) is 19.0. The van der Waals surface area contributed by atoms with Gasteiger partial charge in [-0.3, -0.25) is 0 Å². The Hall–Kier alpha value is -3.22. The number of para-hydroxylation sites is 2. The Morgan fingerprint density at radius 2 is 1.78 bits per heavy atom. The normalized spacial score (nSPS) is 15.1. The molecule has 1 amide bonds.